The number of hydrogen-bond acceptors (Lipinski definition) is 5. The van der Waals surface area contributed by atoms with Crippen molar-refractivity contribution in [2.45, 2.75) is 24.7 Å². The predicted octanol–water partition coefficient (Wildman–Crippen LogP) is 0.563. The summed E-state index contributed by atoms with van der Waals surface area (Å²) in [6, 6.07) is -0.301. The minimum absolute atomic E-state index is 0.0645. The van der Waals surface area contributed by atoms with Crippen LogP contribution in [0.4, 0.5) is 0 Å². The summed E-state index contributed by atoms with van der Waals surface area (Å²) in [5.41, 5.74) is -0.223. The van der Waals surface area contributed by atoms with E-state index in [0.29, 0.717) is 17.5 Å². The molecule has 3 rings (SSSR count). The Labute approximate surface area is 118 Å². The van der Waals surface area contributed by atoms with Gasteiger partial charge in [0.25, 0.3) is 11.5 Å². The number of amides is 1. The van der Waals surface area contributed by atoms with Crippen molar-refractivity contribution < 1.29 is 4.79 Å². The molecule has 0 aliphatic carbocycles. The molecule has 2 N–H and O–H groups in total. The van der Waals surface area contributed by atoms with Gasteiger partial charge in [0, 0.05) is 30.9 Å². The summed E-state index contributed by atoms with van der Waals surface area (Å²) in [5.74, 6) is 1.03. The fourth-order valence-electron chi connectivity index (χ4n) is 2.03. The highest BCUT2D eigenvalue weighted by molar-refractivity contribution is 7.99. The highest BCUT2D eigenvalue weighted by atomic mass is 32.2. The Bertz CT molecular complexity index is 694. The summed E-state index contributed by atoms with van der Waals surface area (Å²) in [6.45, 7) is 2.39. The minimum atomic E-state index is -0.432. The smallest absolute Gasteiger partial charge is 0.267 e. The first-order chi connectivity index (χ1) is 9.66. The van der Waals surface area contributed by atoms with Crippen LogP contribution in [0.1, 0.15) is 29.1 Å². The Hall–Kier alpha value is -2.09. The van der Waals surface area contributed by atoms with Crippen LogP contribution < -0.4 is 10.9 Å². The van der Waals surface area contributed by atoms with Crippen LogP contribution in [-0.4, -0.2) is 31.2 Å². The zero-order valence-corrected chi connectivity index (χ0v) is 11.6. The van der Waals surface area contributed by atoms with Gasteiger partial charge >= 0.3 is 0 Å². The monoisotopic (exact) mass is 291 g/mol. The van der Waals surface area contributed by atoms with Crippen LogP contribution >= 0.6 is 11.8 Å². The van der Waals surface area contributed by atoms with Crippen molar-refractivity contribution in [1.29, 1.82) is 0 Å². The second kappa shape index (κ2) is 5.12. The summed E-state index contributed by atoms with van der Waals surface area (Å²) < 4.78 is 1.54. The normalized spacial score (nSPS) is 14.8. The predicted molar refractivity (Wildman–Crippen MR) is 73.7 cm³/mol. The van der Waals surface area contributed by atoms with E-state index in [4.69, 9.17) is 0 Å². The average molecular weight is 291 g/mol. The summed E-state index contributed by atoms with van der Waals surface area (Å²) in [5, 5.41) is 3.41. The number of carbonyl (C=O) groups excluding carboxylic acids is 1. The lowest BCUT2D eigenvalue weighted by Crippen LogP contribution is -2.35. The fourth-order valence-corrected chi connectivity index (χ4v) is 2.94. The van der Waals surface area contributed by atoms with Crippen LogP contribution in [-0.2, 0) is 6.54 Å². The van der Waals surface area contributed by atoms with Crippen LogP contribution in [0.3, 0.4) is 0 Å². The van der Waals surface area contributed by atoms with Gasteiger partial charge in [0.05, 0.1) is 6.04 Å². The van der Waals surface area contributed by atoms with Crippen molar-refractivity contribution in [2.24, 2.45) is 0 Å². The van der Waals surface area contributed by atoms with Crippen LogP contribution in [0.15, 0.2) is 28.5 Å². The molecule has 8 heteroatoms. The molecule has 1 aliphatic heterocycles. The number of nitrogens with zero attached hydrogens (tertiary/aromatic N) is 3. The van der Waals surface area contributed by atoms with Gasteiger partial charge in [-0.2, -0.15) is 0 Å². The number of hydrogen-bond donors (Lipinski definition) is 2. The van der Waals surface area contributed by atoms with Gasteiger partial charge in [-0.25, -0.2) is 9.97 Å². The zero-order valence-electron chi connectivity index (χ0n) is 10.8. The first-order valence-corrected chi connectivity index (χ1v) is 7.18. The van der Waals surface area contributed by atoms with Gasteiger partial charge in [0.2, 0.25) is 0 Å². The van der Waals surface area contributed by atoms with Gasteiger partial charge in [0.1, 0.15) is 11.4 Å². The second-order valence-electron chi connectivity index (χ2n) is 4.43. The van der Waals surface area contributed by atoms with E-state index in [1.54, 1.807) is 19.3 Å². The molecule has 3 heterocycles. The number of aromatic amines is 1. The molecule has 1 aliphatic rings. The van der Waals surface area contributed by atoms with Crippen LogP contribution in [0, 0.1) is 0 Å². The maximum absolute atomic E-state index is 12.2. The number of nitrogens with one attached hydrogen (secondary N) is 2. The number of fused-ring (bicyclic) bond motifs is 1. The highest BCUT2D eigenvalue weighted by Gasteiger charge is 2.21. The second-order valence-corrected chi connectivity index (χ2v) is 5.49. The summed E-state index contributed by atoms with van der Waals surface area (Å²) >= 11 is 1.52. The molecule has 0 spiro atoms. The molecule has 2 aromatic heterocycles. The number of H-pyrrole nitrogens is 1. The maximum atomic E-state index is 12.2. The molecule has 20 heavy (non-hydrogen) atoms. The van der Waals surface area contributed by atoms with E-state index < -0.39 is 5.91 Å². The van der Waals surface area contributed by atoms with Crippen molar-refractivity contribution in [3.05, 3.63) is 40.3 Å². The number of imidazole rings is 1. The van der Waals surface area contributed by atoms with E-state index in [1.165, 1.54) is 22.5 Å². The maximum Gasteiger partial charge on any atom is 0.267 e. The van der Waals surface area contributed by atoms with Crippen molar-refractivity contribution in [1.82, 2.24) is 24.8 Å². The molecule has 1 amide bonds. The molecule has 0 saturated heterocycles. The molecule has 0 saturated carbocycles. The van der Waals surface area contributed by atoms with Gasteiger partial charge in [-0.05, 0) is 6.92 Å². The number of rotatable bonds is 3. The molecule has 0 fully saturated rings. The molecule has 0 aromatic carbocycles. The fraction of sp³-hybridized carbons (Fsp3) is 0.333. The molecular formula is C12H13N5O2S. The molecule has 1 atom stereocenters. The van der Waals surface area contributed by atoms with E-state index in [-0.39, 0.29) is 17.2 Å². The van der Waals surface area contributed by atoms with Crippen molar-refractivity contribution in [3.63, 3.8) is 0 Å². The van der Waals surface area contributed by atoms with Gasteiger partial charge in [0.15, 0.2) is 5.16 Å². The Balaban J connectivity index is 1.83. The first-order valence-electron chi connectivity index (χ1n) is 6.19. The van der Waals surface area contributed by atoms with Crippen LogP contribution in [0.2, 0.25) is 0 Å². The summed E-state index contributed by atoms with van der Waals surface area (Å²) in [6.07, 6.45) is 4.64. The van der Waals surface area contributed by atoms with E-state index in [9.17, 15) is 9.59 Å². The molecule has 1 unspecified atom stereocenters. The van der Waals surface area contributed by atoms with Gasteiger partial charge in [-0.3, -0.25) is 14.2 Å². The number of carbonyl (C=O) groups is 1. The van der Waals surface area contributed by atoms with E-state index >= 15 is 0 Å². The third-order valence-electron chi connectivity index (χ3n) is 3.08. The lowest BCUT2D eigenvalue weighted by molar-refractivity contribution is 0.0935. The van der Waals surface area contributed by atoms with Gasteiger partial charge < -0.3 is 10.3 Å². The largest absolute Gasteiger partial charge is 0.347 e. The van der Waals surface area contributed by atoms with E-state index in [0.717, 1.165) is 5.75 Å². The van der Waals surface area contributed by atoms with Gasteiger partial charge in [-0.15, -0.1) is 0 Å². The molecule has 7 nitrogen and oxygen atoms in total. The average Bonchev–Trinajstić information content (AvgIpc) is 3.10. The quantitative estimate of drug-likeness (QED) is 0.806. The molecule has 0 radical (unpaired) electrons. The Morgan fingerprint density at radius 1 is 1.55 bits per heavy atom. The number of thioether (sulfide) groups is 1. The minimum Gasteiger partial charge on any atom is -0.347 e. The molecule has 0 bridgehead atoms. The highest BCUT2D eigenvalue weighted by Crippen LogP contribution is 2.20. The zero-order chi connectivity index (χ0) is 14.1. The standard InChI is InChI=1S/C12H13N5O2S/c1-7(9-13-2-3-14-9)16-10(18)8-6-15-12-17(11(8)19)4-5-20-12/h2-3,6-7H,4-5H2,1H3,(H,13,14)(H,16,18). The SMILES string of the molecule is CC(NC(=O)c1cnc2n(c1=O)CCS2)c1ncc[nH]1. The Kier molecular flexibility index (Phi) is 3.31. The molecule has 104 valence electrons. The summed E-state index contributed by atoms with van der Waals surface area (Å²) in [7, 11) is 0. The third kappa shape index (κ3) is 2.22. The van der Waals surface area contributed by atoms with Crippen molar-refractivity contribution in [3.8, 4) is 0 Å². The Morgan fingerprint density at radius 2 is 2.40 bits per heavy atom. The first kappa shape index (κ1) is 12.9. The van der Waals surface area contributed by atoms with Gasteiger partial charge in [-0.1, -0.05) is 11.8 Å². The van der Waals surface area contributed by atoms with Crippen LogP contribution in [0.25, 0.3) is 0 Å². The number of aromatic nitrogens is 4. The van der Waals surface area contributed by atoms with E-state index in [1.807, 2.05) is 0 Å². The third-order valence-corrected chi connectivity index (χ3v) is 4.05. The topological polar surface area (TPSA) is 92.7 Å². The van der Waals surface area contributed by atoms with Crippen LogP contribution in [0.5, 0.6) is 0 Å². The molecule has 2 aromatic rings. The lowest BCUT2D eigenvalue weighted by Gasteiger charge is -2.11. The Morgan fingerprint density at radius 3 is 3.15 bits per heavy atom. The van der Waals surface area contributed by atoms with Crippen molar-refractivity contribution >= 4 is 17.7 Å². The summed E-state index contributed by atoms with van der Waals surface area (Å²) in [4.78, 5) is 35.5. The molecular weight excluding hydrogens is 278 g/mol. The van der Waals surface area contributed by atoms with Crippen molar-refractivity contribution in [2.75, 3.05) is 5.75 Å². The lowest BCUT2D eigenvalue weighted by atomic mass is 10.2. The van der Waals surface area contributed by atoms with E-state index in [2.05, 4.69) is 20.3 Å².